The maximum atomic E-state index is 14.0. The van der Waals surface area contributed by atoms with Crippen LogP contribution < -0.4 is 0 Å². The Balaban J connectivity index is 2.39. The quantitative estimate of drug-likeness (QED) is 0.835. The van der Waals surface area contributed by atoms with E-state index in [1.807, 2.05) is 27.7 Å². The normalized spacial score (nSPS) is 19.6. The summed E-state index contributed by atoms with van der Waals surface area (Å²) in [6.07, 6.45) is 1.50. The molecule has 1 heterocycles. The zero-order valence-corrected chi connectivity index (χ0v) is 15.4. The lowest BCUT2D eigenvalue weighted by atomic mass is 9.78. The molecular weight excluding hydrogens is 330 g/mol. The highest BCUT2D eigenvalue weighted by atomic mass is 32.2. The van der Waals surface area contributed by atoms with Crippen molar-refractivity contribution in [3.05, 3.63) is 35.1 Å². The van der Waals surface area contributed by atoms with Crippen LogP contribution in [-0.2, 0) is 14.1 Å². The van der Waals surface area contributed by atoms with Gasteiger partial charge in [0.25, 0.3) is 0 Å². The Kier molecular flexibility index (Phi) is 5.47. The van der Waals surface area contributed by atoms with Gasteiger partial charge in [0.1, 0.15) is 11.6 Å². The van der Waals surface area contributed by atoms with E-state index < -0.39 is 24.1 Å². The molecule has 130 valence electrons. The molecular formula is C17H22BFO4S. The molecule has 0 radical (unpaired) electrons. The van der Waals surface area contributed by atoms with Crippen LogP contribution in [-0.4, -0.2) is 34.3 Å². The van der Waals surface area contributed by atoms with Gasteiger partial charge in [-0.3, -0.25) is 4.79 Å². The smallest absolute Gasteiger partial charge is 0.491 e. The lowest BCUT2D eigenvalue weighted by Crippen LogP contribution is -2.41. The molecule has 2 rings (SSSR count). The van der Waals surface area contributed by atoms with Crippen LogP contribution in [0.15, 0.2) is 23.7 Å². The van der Waals surface area contributed by atoms with Gasteiger partial charge in [0.15, 0.2) is 5.12 Å². The molecule has 0 amide bonds. The van der Waals surface area contributed by atoms with E-state index in [0.717, 1.165) is 11.8 Å². The Labute approximate surface area is 146 Å². The highest BCUT2D eigenvalue weighted by Gasteiger charge is 2.52. The van der Waals surface area contributed by atoms with E-state index in [2.05, 4.69) is 0 Å². The number of carbonyl (C=O) groups excluding carboxylic acids is 1. The number of benzene rings is 1. The number of halogens is 1. The summed E-state index contributed by atoms with van der Waals surface area (Å²) in [5, 5.41) is 9.87. The second-order valence-electron chi connectivity index (χ2n) is 6.76. The monoisotopic (exact) mass is 352 g/mol. The Bertz CT molecular complexity index is 636. The Morgan fingerprint density at radius 1 is 1.29 bits per heavy atom. The zero-order chi connectivity index (χ0) is 18.1. The van der Waals surface area contributed by atoms with Crippen molar-refractivity contribution in [2.24, 2.45) is 0 Å². The summed E-state index contributed by atoms with van der Waals surface area (Å²) in [6.45, 7) is 9.15. The average molecular weight is 352 g/mol. The van der Waals surface area contributed by atoms with Gasteiger partial charge in [0.2, 0.25) is 0 Å². The summed E-state index contributed by atoms with van der Waals surface area (Å²) in [4.78, 5) is 11.3. The van der Waals surface area contributed by atoms with Gasteiger partial charge in [-0.2, -0.15) is 0 Å². The first-order valence-corrected chi connectivity index (χ1v) is 8.69. The van der Waals surface area contributed by atoms with Crippen molar-refractivity contribution in [3.8, 4) is 5.75 Å². The molecule has 1 aliphatic rings. The maximum absolute atomic E-state index is 14.0. The topological polar surface area (TPSA) is 55.8 Å². The third-order valence-corrected chi connectivity index (χ3v) is 5.24. The van der Waals surface area contributed by atoms with E-state index in [9.17, 15) is 14.3 Å². The van der Waals surface area contributed by atoms with Gasteiger partial charge < -0.3 is 14.4 Å². The van der Waals surface area contributed by atoms with Gasteiger partial charge in [-0.05, 0) is 45.3 Å². The van der Waals surface area contributed by atoms with E-state index in [1.54, 1.807) is 0 Å². The first-order chi connectivity index (χ1) is 11.0. The van der Waals surface area contributed by atoms with E-state index in [4.69, 9.17) is 9.31 Å². The van der Waals surface area contributed by atoms with Crippen molar-refractivity contribution < 1.29 is 23.6 Å². The second kappa shape index (κ2) is 6.90. The molecule has 0 atom stereocenters. The number of rotatable bonds is 4. The third kappa shape index (κ3) is 4.02. The van der Waals surface area contributed by atoms with Gasteiger partial charge in [0, 0.05) is 12.7 Å². The van der Waals surface area contributed by atoms with E-state index in [-0.39, 0.29) is 16.4 Å². The van der Waals surface area contributed by atoms with Crippen LogP contribution in [0.3, 0.4) is 0 Å². The van der Waals surface area contributed by atoms with Gasteiger partial charge in [0.05, 0.1) is 16.8 Å². The summed E-state index contributed by atoms with van der Waals surface area (Å²) < 4.78 is 26.0. The number of phenolic OH excluding ortho intramolecular Hbond substituents is 1. The first-order valence-electron chi connectivity index (χ1n) is 7.70. The van der Waals surface area contributed by atoms with Crippen LogP contribution >= 0.6 is 11.8 Å². The minimum absolute atomic E-state index is 0.0600. The Morgan fingerprint density at radius 2 is 1.88 bits per heavy atom. The standard InChI is InChI=1S/C17H22BFO4S/c1-11(20)24-10-12(9-13-14(19)7-6-8-15(13)21)18-22-16(2,3)17(4,5)23-18/h6-9,21H,10H2,1-5H3. The van der Waals surface area contributed by atoms with Crippen LogP contribution in [0, 0.1) is 5.82 Å². The lowest BCUT2D eigenvalue weighted by Gasteiger charge is -2.32. The van der Waals surface area contributed by atoms with Crippen molar-refractivity contribution in [1.29, 1.82) is 0 Å². The van der Waals surface area contributed by atoms with Gasteiger partial charge in [-0.15, -0.1) is 0 Å². The largest absolute Gasteiger partial charge is 0.507 e. The molecule has 4 nitrogen and oxygen atoms in total. The Morgan fingerprint density at radius 3 is 2.38 bits per heavy atom. The summed E-state index contributed by atoms with van der Waals surface area (Å²) in [6, 6.07) is 4.11. The Hall–Kier alpha value is -1.31. The van der Waals surface area contributed by atoms with Crippen LogP contribution in [0.5, 0.6) is 5.75 Å². The summed E-state index contributed by atoms with van der Waals surface area (Å²) in [7, 11) is -0.708. The molecule has 1 aromatic carbocycles. The summed E-state index contributed by atoms with van der Waals surface area (Å²) in [5.74, 6) is -0.423. The van der Waals surface area contributed by atoms with E-state index in [0.29, 0.717) is 11.2 Å². The number of hydrogen-bond donors (Lipinski definition) is 1. The van der Waals surface area contributed by atoms with Crippen molar-refractivity contribution in [2.45, 2.75) is 45.8 Å². The van der Waals surface area contributed by atoms with Crippen LogP contribution in [0.4, 0.5) is 4.39 Å². The van der Waals surface area contributed by atoms with E-state index in [1.165, 1.54) is 31.2 Å². The molecule has 7 heteroatoms. The molecule has 0 aliphatic carbocycles. The molecule has 0 spiro atoms. The lowest BCUT2D eigenvalue weighted by molar-refractivity contribution is -0.109. The van der Waals surface area contributed by atoms with Gasteiger partial charge in [-0.25, -0.2) is 4.39 Å². The fourth-order valence-electron chi connectivity index (χ4n) is 2.21. The molecule has 0 unspecified atom stereocenters. The molecule has 1 aromatic rings. The van der Waals surface area contributed by atoms with Crippen LogP contribution in [0.1, 0.15) is 40.2 Å². The number of phenols is 1. The molecule has 0 saturated carbocycles. The number of hydrogen-bond acceptors (Lipinski definition) is 5. The fraction of sp³-hybridized carbons (Fsp3) is 0.471. The highest BCUT2D eigenvalue weighted by Crippen LogP contribution is 2.39. The minimum Gasteiger partial charge on any atom is -0.507 e. The number of carbonyl (C=O) groups is 1. The van der Waals surface area contributed by atoms with Crippen molar-refractivity contribution in [1.82, 2.24) is 0 Å². The predicted molar refractivity (Wildman–Crippen MR) is 95.3 cm³/mol. The molecule has 0 aromatic heterocycles. The minimum atomic E-state index is -0.708. The molecule has 0 bridgehead atoms. The average Bonchev–Trinajstić information content (AvgIpc) is 2.65. The zero-order valence-electron chi connectivity index (χ0n) is 14.6. The maximum Gasteiger partial charge on any atom is 0.491 e. The highest BCUT2D eigenvalue weighted by molar-refractivity contribution is 8.13. The second-order valence-corrected chi connectivity index (χ2v) is 7.91. The number of aromatic hydroxyl groups is 1. The van der Waals surface area contributed by atoms with Gasteiger partial charge in [-0.1, -0.05) is 23.9 Å². The molecule has 1 fully saturated rings. The molecule has 1 saturated heterocycles. The molecule has 1 N–H and O–H groups in total. The summed E-state index contributed by atoms with van der Waals surface area (Å²) >= 11 is 1.09. The molecule has 24 heavy (non-hydrogen) atoms. The molecule has 1 aliphatic heterocycles. The third-order valence-electron chi connectivity index (χ3n) is 4.36. The van der Waals surface area contributed by atoms with Crippen molar-refractivity contribution >= 4 is 30.1 Å². The predicted octanol–water partition coefficient (Wildman–Crippen LogP) is 3.83. The van der Waals surface area contributed by atoms with Crippen molar-refractivity contribution in [2.75, 3.05) is 5.75 Å². The fourth-order valence-corrected chi connectivity index (χ4v) is 2.80. The summed E-state index contributed by atoms with van der Waals surface area (Å²) in [5.41, 5.74) is -0.440. The van der Waals surface area contributed by atoms with Gasteiger partial charge >= 0.3 is 7.12 Å². The van der Waals surface area contributed by atoms with Crippen molar-refractivity contribution in [3.63, 3.8) is 0 Å². The SMILES string of the molecule is CC(=O)SCC(=Cc1c(O)cccc1F)B1OC(C)(C)C(C)(C)O1. The number of thioether (sulfide) groups is 1. The van der Waals surface area contributed by atoms with E-state index >= 15 is 0 Å². The first kappa shape index (κ1) is 19.0. The van der Waals surface area contributed by atoms with Crippen LogP contribution in [0.25, 0.3) is 6.08 Å². The van der Waals surface area contributed by atoms with Crippen LogP contribution in [0.2, 0.25) is 0 Å².